The molecule has 1 aliphatic heterocycles. The van der Waals surface area contributed by atoms with E-state index in [0.717, 1.165) is 5.69 Å². The van der Waals surface area contributed by atoms with E-state index >= 15 is 0 Å². The van der Waals surface area contributed by atoms with Crippen molar-refractivity contribution in [2.24, 2.45) is 0 Å². The third kappa shape index (κ3) is 2.69. The Kier molecular flexibility index (Phi) is 3.24. The Bertz CT molecular complexity index is 375. The highest BCUT2D eigenvalue weighted by atomic mass is 19.4. The largest absolute Gasteiger partial charge is 0.409 e. The Morgan fingerprint density at radius 2 is 2.18 bits per heavy atom. The average molecular weight is 245 g/mol. The number of aryl methyl sites for hydroxylation is 1. The van der Waals surface area contributed by atoms with Gasteiger partial charge in [0, 0.05) is 25.3 Å². The molecule has 17 heavy (non-hydrogen) atoms. The summed E-state index contributed by atoms with van der Waals surface area (Å²) in [5, 5.41) is 2.77. The number of hydrogen-bond acceptors (Lipinski definition) is 3. The van der Waals surface area contributed by atoms with E-state index < -0.39 is 12.2 Å². The molecule has 0 aliphatic carbocycles. The van der Waals surface area contributed by atoms with Gasteiger partial charge in [-0.25, -0.2) is 0 Å². The molecule has 0 unspecified atom stereocenters. The van der Waals surface area contributed by atoms with Crippen LogP contribution in [0.15, 0.2) is 18.3 Å². The fourth-order valence-corrected chi connectivity index (χ4v) is 1.94. The average Bonchev–Trinajstić information content (AvgIpc) is 2.29. The molecule has 3 nitrogen and oxygen atoms in total. The van der Waals surface area contributed by atoms with E-state index in [9.17, 15) is 13.2 Å². The molecule has 1 aliphatic rings. The number of rotatable bonds is 1. The fourth-order valence-electron chi connectivity index (χ4n) is 1.94. The van der Waals surface area contributed by atoms with Gasteiger partial charge < -0.3 is 10.2 Å². The second-order valence-corrected chi connectivity index (χ2v) is 4.11. The zero-order valence-electron chi connectivity index (χ0n) is 9.46. The standard InChI is InChI=1S/C11H14F3N3/c1-8-2-3-9(6-16-8)17-5-4-15-7-10(17)11(12,13)14/h2-3,6,10,15H,4-5,7H2,1H3/t10-/m1/s1. The van der Waals surface area contributed by atoms with Gasteiger partial charge in [0.2, 0.25) is 0 Å². The Hall–Kier alpha value is -1.30. The van der Waals surface area contributed by atoms with Crippen LogP contribution in [-0.4, -0.2) is 36.8 Å². The first-order valence-corrected chi connectivity index (χ1v) is 5.45. The molecule has 6 heteroatoms. The van der Waals surface area contributed by atoms with E-state index in [2.05, 4.69) is 10.3 Å². The normalized spacial score (nSPS) is 21.6. The summed E-state index contributed by atoms with van der Waals surface area (Å²) < 4.78 is 38.6. The summed E-state index contributed by atoms with van der Waals surface area (Å²) in [7, 11) is 0. The fraction of sp³-hybridized carbons (Fsp3) is 0.545. The molecule has 0 saturated carbocycles. The van der Waals surface area contributed by atoms with Crippen LogP contribution < -0.4 is 10.2 Å². The first kappa shape index (κ1) is 12.2. The van der Waals surface area contributed by atoms with Gasteiger partial charge in [-0.1, -0.05) is 0 Å². The van der Waals surface area contributed by atoms with Crippen LogP contribution in [0.4, 0.5) is 18.9 Å². The minimum Gasteiger partial charge on any atom is -0.356 e. The Balaban J connectivity index is 2.25. The van der Waals surface area contributed by atoms with Crippen LogP contribution >= 0.6 is 0 Å². The highest BCUT2D eigenvalue weighted by Gasteiger charge is 2.44. The quantitative estimate of drug-likeness (QED) is 0.816. The first-order valence-electron chi connectivity index (χ1n) is 5.45. The summed E-state index contributed by atoms with van der Waals surface area (Å²) in [5.41, 5.74) is 1.33. The topological polar surface area (TPSA) is 28.2 Å². The van der Waals surface area contributed by atoms with Crippen molar-refractivity contribution in [3.8, 4) is 0 Å². The number of piperazine rings is 1. The highest BCUT2D eigenvalue weighted by molar-refractivity contribution is 5.46. The van der Waals surface area contributed by atoms with Crippen molar-refractivity contribution in [2.75, 3.05) is 24.5 Å². The maximum atomic E-state index is 12.9. The number of hydrogen-bond donors (Lipinski definition) is 1. The molecule has 1 aromatic rings. The molecule has 94 valence electrons. The molecular weight excluding hydrogens is 231 g/mol. The van der Waals surface area contributed by atoms with E-state index in [4.69, 9.17) is 0 Å². The number of alkyl halides is 3. The summed E-state index contributed by atoms with van der Waals surface area (Å²) >= 11 is 0. The molecule has 0 bridgehead atoms. The first-order chi connectivity index (χ1) is 7.98. The Morgan fingerprint density at radius 1 is 1.41 bits per heavy atom. The maximum absolute atomic E-state index is 12.9. The van der Waals surface area contributed by atoms with Gasteiger partial charge in [-0.15, -0.1) is 0 Å². The molecule has 1 fully saturated rings. The summed E-state index contributed by atoms with van der Waals surface area (Å²) in [6, 6.07) is 1.94. The maximum Gasteiger partial charge on any atom is 0.409 e. The highest BCUT2D eigenvalue weighted by Crippen LogP contribution is 2.29. The number of pyridine rings is 1. The van der Waals surface area contributed by atoms with Gasteiger partial charge in [0.25, 0.3) is 0 Å². The van der Waals surface area contributed by atoms with Crippen molar-refractivity contribution in [3.05, 3.63) is 24.0 Å². The SMILES string of the molecule is Cc1ccc(N2CCNC[C@@H]2C(F)(F)F)cn1. The van der Waals surface area contributed by atoms with Crippen molar-refractivity contribution >= 4 is 5.69 Å². The van der Waals surface area contributed by atoms with Gasteiger partial charge in [-0.2, -0.15) is 13.2 Å². The molecule has 1 aromatic heterocycles. The lowest BCUT2D eigenvalue weighted by Gasteiger charge is -2.38. The van der Waals surface area contributed by atoms with Crippen molar-refractivity contribution in [2.45, 2.75) is 19.1 Å². The predicted molar refractivity (Wildman–Crippen MR) is 59.0 cm³/mol. The second kappa shape index (κ2) is 4.52. The van der Waals surface area contributed by atoms with Crippen LogP contribution in [0.5, 0.6) is 0 Å². The molecule has 0 amide bonds. The van der Waals surface area contributed by atoms with E-state index in [1.54, 1.807) is 12.1 Å². The van der Waals surface area contributed by atoms with Crippen LogP contribution in [0.1, 0.15) is 5.69 Å². The number of nitrogens with one attached hydrogen (secondary N) is 1. The van der Waals surface area contributed by atoms with E-state index in [-0.39, 0.29) is 6.54 Å². The number of aromatic nitrogens is 1. The van der Waals surface area contributed by atoms with Crippen LogP contribution in [0, 0.1) is 6.92 Å². The molecule has 1 N–H and O–H groups in total. The molecule has 0 aromatic carbocycles. The molecule has 2 rings (SSSR count). The number of halogens is 3. The van der Waals surface area contributed by atoms with E-state index in [1.165, 1.54) is 11.1 Å². The van der Waals surface area contributed by atoms with Crippen molar-refractivity contribution < 1.29 is 13.2 Å². The third-order valence-electron chi connectivity index (χ3n) is 2.85. The zero-order valence-corrected chi connectivity index (χ0v) is 9.46. The van der Waals surface area contributed by atoms with Crippen molar-refractivity contribution in [1.29, 1.82) is 0 Å². The lowest BCUT2D eigenvalue weighted by atomic mass is 10.1. The summed E-state index contributed by atoms with van der Waals surface area (Å²) in [4.78, 5) is 5.41. The minimum absolute atomic E-state index is 0.0720. The molecule has 1 saturated heterocycles. The lowest BCUT2D eigenvalue weighted by Crippen LogP contribution is -2.58. The van der Waals surface area contributed by atoms with Gasteiger partial charge in [-0.3, -0.25) is 4.98 Å². The molecule has 0 spiro atoms. The van der Waals surface area contributed by atoms with Gasteiger partial charge in [0.1, 0.15) is 6.04 Å². The lowest BCUT2D eigenvalue weighted by molar-refractivity contribution is -0.149. The van der Waals surface area contributed by atoms with Crippen LogP contribution in [0.3, 0.4) is 0 Å². The van der Waals surface area contributed by atoms with Crippen LogP contribution in [0.2, 0.25) is 0 Å². The van der Waals surface area contributed by atoms with Crippen LogP contribution in [0.25, 0.3) is 0 Å². The van der Waals surface area contributed by atoms with E-state index in [0.29, 0.717) is 18.8 Å². The zero-order chi connectivity index (χ0) is 12.5. The van der Waals surface area contributed by atoms with Gasteiger partial charge >= 0.3 is 6.18 Å². The monoisotopic (exact) mass is 245 g/mol. The van der Waals surface area contributed by atoms with Crippen LogP contribution in [-0.2, 0) is 0 Å². The smallest absolute Gasteiger partial charge is 0.356 e. The minimum atomic E-state index is -4.22. The summed E-state index contributed by atoms with van der Waals surface area (Å²) in [6.07, 6.45) is -2.72. The number of nitrogens with zero attached hydrogens (tertiary/aromatic N) is 2. The van der Waals surface area contributed by atoms with Gasteiger partial charge in [0.15, 0.2) is 0 Å². The summed E-state index contributed by atoms with van der Waals surface area (Å²) in [5.74, 6) is 0. The van der Waals surface area contributed by atoms with Gasteiger partial charge in [-0.05, 0) is 19.1 Å². The second-order valence-electron chi connectivity index (χ2n) is 4.11. The Labute approximate surface area is 97.6 Å². The van der Waals surface area contributed by atoms with E-state index in [1.807, 2.05) is 6.92 Å². The third-order valence-corrected chi connectivity index (χ3v) is 2.85. The Morgan fingerprint density at radius 3 is 2.76 bits per heavy atom. The number of anilines is 1. The molecule has 1 atom stereocenters. The van der Waals surface area contributed by atoms with Gasteiger partial charge in [0.05, 0.1) is 11.9 Å². The molecule has 0 radical (unpaired) electrons. The van der Waals surface area contributed by atoms with Crippen molar-refractivity contribution in [1.82, 2.24) is 10.3 Å². The predicted octanol–water partition coefficient (Wildman–Crippen LogP) is 1.73. The molecular formula is C11H14F3N3. The molecule has 2 heterocycles. The van der Waals surface area contributed by atoms with Crippen molar-refractivity contribution in [3.63, 3.8) is 0 Å². The summed E-state index contributed by atoms with van der Waals surface area (Å²) in [6.45, 7) is 2.63.